The van der Waals surface area contributed by atoms with Crippen molar-refractivity contribution in [3.05, 3.63) is 40.7 Å². The highest BCUT2D eigenvalue weighted by Crippen LogP contribution is 2.22. The van der Waals surface area contributed by atoms with E-state index in [0.29, 0.717) is 5.92 Å². The summed E-state index contributed by atoms with van der Waals surface area (Å²) in [6.45, 7) is 9.19. The van der Waals surface area contributed by atoms with Crippen molar-refractivity contribution in [3.8, 4) is 0 Å². The summed E-state index contributed by atoms with van der Waals surface area (Å²) < 4.78 is 1.89. The van der Waals surface area contributed by atoms with Crippen LogP contribution in [0.2, 0.25) is 0 Å². The second kappa shape index (κ2) is 5.90. The average molecular weight is 285 g/mol. The Kier molecular flexibility index (Phi) is 3.97. The third-order valence-electron chi connectivity index (χ3n) is 4.00. The summed E-state index contributed by atoms with van der Waals surface area (Å²) >= 11 is 0. The minimum Gasteiger partial charge on any atom is -0.369 e. The molecule has 0 bridgehead atoms. The van der Waals surface area contributed by atoms with Crippen LogP contribution >= 0.6 is 0 Å². The van der Waals surface area contributed by atoms with Gasteiger partial charge in [0.2, 0.25) is 0 Å². The number of nitrogens with zero attached hydrogens (tertiary/aromatic N) is 2. The maximum absolute atomic E-state index is 12.1. The molecule has 1 aliphatic heterocycles. The van der Waals surface area contributed by atoms with E-state index in [1.54, 1.807) is 6.07 Å². The van der Waals surface area contributed by atoms with Gasteiger partial charge in [-0.2, -0.15) is 0 Å². The fourth-order valence-electron chi connectivity index (χ4n) is 2.96. The molecule has 0 atom stereocenters. The maximum Gasteiger partial charge on any atom is 0.251 e. The topological polar surface area (TPSA) is 37.3 Å². The number of piperazine rings is 1. The fourth-order valence-corrected chi connectivity index (χ4v) is 2.96. The Labute approximate surface area is 125 Å². The van der Waals surface area contributed by atoms with Crippen molar-refractivity contribution in [3.63, 3.8) is 0 Å². The lowest BCUT2D eigenvalue weighted by molar-refractivity contribution is 0.523. The van der Waals surface area contributed by atoms with Crippen LogP contribution in [-0.2, 0) is 6.54 Å². The standard InChI is InChI=1S/C17H23N3O/c1-13(2)12-20-16-5-4-15(19-9-7-18-8-10-19)11-14(16)3-6-17(20)21/h3-6,11,13,18H,7-10,12H2,1-2H3. The molecule has 2 heterocycles. The molecule has 1 N–H and O–H groups in total. The summed E-state index contributed by atoms with van der Waals surface area (Å²) in [7, 11) is 0. The van der Waals surface area contributed by atoms with Crippen molar-refractivity contribution < 1.29 is 0 Å². The zero-order chi connectivity index (χ0) is 14.8. The number of anilines is 1. The number of aromatic nitrogens is 1. The molecule has 112 valence electrons. The predicted molar refractivity (Wildman–Crippen MR) is 88.1 cm³/mol. The number of pyridine rings is 1. The van der Waals surface area contributed by atoms with Gasteiger partial charge in [0.15, 0.2) is 0 Å². The number of fused-ring (bicyclic) bond motifs is 1. The zero-order valence-electron chi connectivity index (χ0n) is 12.8. The molecular weight excluding hydrogens is 262 g/mol. The van der Waals surface area contributed by atoms with Gasteiger partial charge in [0.05, 0.1) is 5.52 Å². The highest BCUT2D eigenvalue weighted by atomic mass is 16.1. The van der Waals surface area contributed by atoms with E-state index in [4.69, 9.17) is 0 Å². The number of hydrogen-bond donors (Lipinski definition) is 1. The number of hydrogen-bond acceptors (Lipinski definition) is 3. The first-order valence-electron chi connectivity index (χ1n) is 7.74. The largest absolute Gasteiger partial charge is 0.369 e. The molecule has 0 aliphatic carbocycles. The molecule has 4 nitrogen and oxygen atoms in total. The van der Waals surface area contributed by atoms with Crippen LogP contribution in [0.4, 0.5) is 5.69 Å². The van der Waals surface area contributed by atoms with Crippen molar-refractivity contribution in [1.29, 1.82) is 0 Å². The SMILES string of the molecule is CC(C)Cn1c(=O)ccc2cc(N3CCNCC3)ccc21. The lowest BCUT2D eigenvalue weighted by atomic mass is 10.1. The molecule has 3 rings (SSSR count). The summed E-state index contributed by atoms with van der Waals surface area (Å²) in [6, 6.07) is 10.1. The molecule has 1 fully saturated rings. The monoisotopic (exact) mass is 285 g/mol. The van der Waals surface area contributed by atoms with Gasteiger partial charge in [-0.1, -0.05) is 13.8 Å². The van der Waals surface area contributed by atoms with Gasteiger partial charge in [0.25, 0.3) is 5.56 Å². The first kappa shape index (κ1) is 14.1. The van der Waals surface area contributed by atoms with Crippen LogP contribution in [0.1, 0.15) is 13.8 Å². The van der Waals surface area contributed by atoms with Crippen LogP contribution in [-0.4, -0.2) is 30.7 Å². The average Bonchev–Trinajstić information content (AvgIpc) is 2.50. The number of rotatable bonds is 3. The van der Waals surface area contributed by atoms with Gasteiger partial charge in [-0.3, -0.25) is 4.79 Å². The first-order valence-corrected chi connectivity index (χ1v) is 7.74. The summed E-state index contributed by atoms with van der Waals surface area (Å²) in [5, 5.41) is 4.52. The second-order valence-electron chi connectivity index (χ2n) is 6.16. The van der Waals surface area contributed by atoms with Crippen molar-refractivity contribution >= 4 is 16.6 Å². The molecule has 0 amide bonds. The molecule has 1 aliphatic rings. The highest BCUT2D eigenvalue weighted by molar-refractivity contribution is 5.83. The minimum absolute atomic E-state index is 0.0890. The summed E-state index contributed by atoms with van der Waals surface area (Å²) in [5.41, 5.74) is 2.37. The predicted octanol–water partition coefficient (Wildman–Crippen LogP) is 2.07. The highest BCUT2D eigenvalue weighted by Gasteiger charge is 2.12. The zero-order valence-corrected chi connectivity index (χ0v) is 12.8. The van der Waals surface area contributed by atoms with Gasteiger partial charge in [-0.05, 0) is 30.2 Å². The molecule has 1 saturated heterocycles. The van der Waals surface area contributed by atoms with E-state index in [1.165, 1.54) is 5.69 Å². The molecule has 0 saturated carbocycles. The molecule has 1 aromatic carbocycles. The van der Waals surface area contributed by atoms with E-state index in [2.05, 4.69) is 42.3 Å². The van der Waals surface area contributed by atoms with Crippen molar-refractivity contribution in [2.75, 3.05) is 31.1 Å². The molecule has 0 unspecified atom stereocenters. The van der Waals surface area contributed by atoms with Gasteiger partial charge < -0.3 is 14.8 Å². The van der Waals surface area contributed by atoms with Crippen LogP contribution in [0.5, 0.6) is 0 Å². The Morgan fingerprint density at radius 1 is 1.14 bits per heavy atom. The molecular formula is C17H23N3O. The summed E-state index contributed by atoms with van der Waals surface area (Å²) in [6.07, 6.45) is 0. The molecule has 0 spiro atoms. The summed E-state index contributed by atoms with van der Waals surface area (Å²) in [4.78, 5) is 14.5. The van der Waals surface area contributed by atoms with Gasteiger partial charge in [0.1, 0.15) is 0 Å². The molecule has 4 heteroatoms. The van der Waals surface area contributed by atoms with E-state index in [9.17, 15) is 4.79 Å². The number of benzene rings is 1. The van der Waals surface area contributed by atoms with E-state index < -0.39 is 0 Å². The van der Waals surface area contributed by atoms with Crippen LogP contribution in [0.3, 0.4) is 0 Å². The van der Waals surface area contributed by atoms with Crippen LogP contribution in [0.15, 0.2) is 35.1 Å². The van der Waals surface area contributed by atoms with E-state index in [0.717, 1.165) is 43.6 Å². The van der Waals surface area contributed by atoms with Crippen LogP contribution < -0.4 is 15.8 Å². The van der Waals surface area contributed by atoms with Gasteiger partial charge in [-0.15, -0.1) is 0 Å². The molecule has 0 radical (unpaired) electrons. The van der Waals surface area contributed by atoms with Gasteiger partial charge in [0, 0.05) is 49.9 Å². The summed E-state index contributed by atoms with van der Waals surface area (Å²) in [5.74, 6) is 0.459. The van der Waals surface area contributed by atoms with E-state index in [1.807, 2.05) is 10.6 Å². The van der Waals surface area contributed by atoms with Crippen molar-refractivity contribution in [2.45, 2.75) is 20.4 Å². The van der Waals surface area contributed by atoms with Crippen LogP contribution in [0, 0.1) is 5.92 Å². The van der Waals surface area contributed by atoms with Crippen molar-refractivity contribution in [1.82, 2.24) is 9.88 Å². The molecule has 1 aromatic heterocycles. The Morgan fingerprint density at radius 2 is 1.90 bits per heavy atom. The fraction of sp³-hybridized carbons (Fsp3) is 0.471. The third-order valence-corrected chi connectivity index (χ3v) is 4.00. The normalized spacial score (nSPS) is 15.9. The Morgan fingerprint density at radius 3 is 2.62 bits per heavy atom. The Bertz CT molecular complexity index is 684. The van der Waals surface area contributed by atoms with Gasteiger partial charge in [-0.25, -0.2) is 0 Å². The minimum atomic E-state index is 0.0890. The lowest BCUT2D eigenvalue weighted by Crippen LogP contribution is -2.43. The number of nitrogens with one attached hydrogen (secondary N) is 1. The third kappa shape index (κ3) is 2.95. The smallest absolute Gasteiger partial charge is 0.251 e. The molecule has 2 aromatic rings. The first-order chi connectivity index (χ1) is 10.1. The van der Waals surface area contributed by atoms with Crippen LogP contribution in [0.25, 0.3) is 10.9 Å². The Hall–Kier alpha value is -1.81. The molecule has 21 heavy (non-hydrogen) atoms. The maximum atomic E-state index is 12.1. The van der Waals surface area contributed by atoms with Gasteiger partial charge >= 0.3 is 0 Å². The van der Waals surface area contributed by atoms with E-state index in [-0.39, 0.29) is 5.56 Å². The lowest BCUT2D eigenvalue weighted by Gasteiger charge is -2.29. The second-order valence-corrected chi connectivity index (χ2v) is 6.16. The van der Waals surface area contributed by atoms with Crippen molar-refractivity contribution in [2.24, 2.45) is 5.92 Å². The van der Waals surface area contributed by atoms with E-state index >= 15 is 0 Å². The Balaban J connectivity index is 2.02. The quantitative estimate of drug-likeness (QED) is 0.938.